The van der Waals surface area contributed by atoms with E-state index >= 15 is 0 Å². The van der Waals surface area contributed by atoms with Gasteiger partial charge in [-0.25, -0.2) is 4.98 Å². The van der Waals surface area contributed by atoms with Gasteiger partial charge < -0.3 is 0 Å². The van der Waals surface area contributed by atoms with Crippen molar-refractivity contribution in [2.45, 2.75) is 38.5 Å². The molecular weight excluding hydrogens is 510 g/mol. The van der Waals surface area contributed by atoms with Gasteiger partial charge in [0.25, 0.3) is 0 Å². The second-order valence-corrected chi connectivity index (χ2v) is 12.6. The number of aromatic nitrogens is 3. The molecule has 2 aliphatic rings. The molecule has 8 rings (SSSR count). The zero-order chi connectivity index (χ0) is 28.6. The third-order valence-electron chi connectivity index (χ3n) is 9.42. The number of benzene rings is 5. The maximum absolute atomic E-state index is 5.13. The fourth-order valence-corrected chi connectivity index (χ4v) is 7.10. The molecule has 0 amide bonds. The Bertz CT molecular complexity index is 2020. The number of nitrogens with zero attached hydrogens (tertiary/aromatic N) is 3. The monoisotopic (exact) mass is 541 g/mol. The van der Waals surface area contributed by atoms with E-state index in [1.807, 2.05) is 48.5 Å². The Labute approximate surface area is 247 Å². The lowest BCUT2D eigenvalue weighted by Gasteiger charge is -2.24. The molecular formula is C39H31N3. The summed E-state index contributed by atoms with van der Waals surface area (Å²) in [5.74, 6) is 0.630. The van der Waals surface area contributed by atoms with Crippen LogP contribution in [0.2, 0.25) is 0 Å². The van der Waals surface area contributed by atoms with Gasteiger partial charge in [-0.1, -0.05) is 125 Å². The van der Waals surface area contributed by atoms with Crippen LogP contribution in [0.5, 0.6) is 0 Å². The first-order valence-corrected chi connectivity index (χ1v) is 14.6. The van der Waals surface area contributed by atoms with E-state index in [0.29, 0.717) is 5.82 Å². The molecule has 2 aliphatic carbocycles. The van der Waals surface area contributed by atoms with Gasteiger partial charge in [-0.05, 0) is 62.7 Å². The van der Waals surface area contributed by atoms with Crippen molar-refractivity contribution < 1.29 is 0 Å². The summed E-state index contributed by atoms with van der Waals surface area (Å²) in [7, 11) is 0. The fraction of sp³-hybridized carbons (Fsp3) is 0.154. The number of hydrogen-bond donors (Lipinski definition) is 0. The summed E-state index contributed by atoms with van der Waals surface area (Å²) in [4.78, 5) is 5.13. The van der Waals surface area contributed by atoms with Crippen LogP contribution >= 0.6 is 0 Å². The van der Waals surface area contributed by atoms with Crippen LogP contribution in [0.4, 0.5) is 0 Å². The molecule has 6 aromatic rings. The molecule has 5 aromatic carbocycles. The molecule has 0 radical (unpaired) electrons. The molecule has 0 N–H and O–H groups in total. The highest BCUT2D eigenvalue weighted by Gasteiger charge is 2.41. The van der Waals surface area contributed by atoms with Crippen LogP contribution in [0.3, 0.4) is 0 Å². The van der Waals surface area contributed by atoms with E-state index in [-0.39, 0.29) is 10.8 Å². The Morgan fingerprint density at radius 2 is 0.952 bits per heavy atom. The molecule has 0 spiro atoms. The maximum Gasteiger partial charge on any atom is 0.182 e. The van der Waals surface area contributed by atoms with E-state index in [4.69, 9.17) is 10.1 Å². The first kappa shape index (κ1) is 24.9. The highest BCUT2D eigenvalue weighted by Crippen LogP contribution is 2.56. The predicted octanol–water partition coefficient (Wildman–Crippen LogP) is 9.49. The quantitative estimate of drug-likeness (QED) is 0.224. The van der Waals surface area contributed by atoms with Gasteiger partial charge in [0.2, 0.25) is 0 Å². The third-order valence-corrected chi connectivity index (χ3v) is 9.42. The van der Waals surface area contributed by atoms with Crippen molar-refractivity contribution in [2.75, 3.05) is 0 Å². The molecule has 0 saturated heterocycles. The van der Waals surface area contributed by atoms with E-state index in [1.54, 1.807) is 0 Å². The van der Waals surface area contributed by atoms with Crippen molar-refractivity contribution in [3.63, 3.8) is 0 Å². The minimum atomic E-state index is -0.160. The molecule has 0 unspecified atom stereocenters. The van der Waals surface area contributed by atoms with Crippen LogP contribution in [-0.4, -0.2) is 15.2 Å². The van der Waals surface area contributed by atoms with Crippen LogP contribution in [0.25, 0.3) is 56.2 Å². The van der Waals surface area contributed by atoms with Crippen LogP contribution in [0, 0.1) is 0 Å². The second kappa shape index (κ2) is 8.80. The standard InChI is InChI=1S/C39H31N3/c1-38(2)31-18-12-11-17-27(31)29-22-34-30(23-33(29)38)28-20-19-26(21-32(28)39(34,3)4)35-36(24-13-7-5-8-14-24)41-42-37(40-35)25-15-9-6-10-16-25/h5-23H,1-4H3. The number of hydrogen-bond acceptors (Lipinski definition) is 3. The van der Waals surface area contributed by atoms with Crippen molar-refractivity contribution in [2.24, 2.45) is 0 Å². The molecule has 202 valence electrons. The third kappa shape index (κ3) is 3.50. The Morgan fingerprint density at radius 3 is 1.64 bits per heavy atom. The van der Waals surface area contributed by atoms with Crippen LogP contribution < -0.4 is 0 Å². The molecule has 0 atom stereocenters. The number of fused-ring (bicyclic) bond motifs is 6. The summed E-state index contributed by atoms with van der Waals surface area (Å²) in [6.07, 6.45) is 0. The Morgan fingerprint density at radius 1 is 0.405 bits per heavy atom. The van der Waals surface area contributed by atoms with Gasteiger partial charge in [0.05, 0.1) is 0 Å². The van der Waals surface area contributed by atoms with Crippen molar-refractivity contribution >= 4 is 0 Å². The fourth-order valence-electron chi connectivity index (χ4n) is 7.10. The molecule has 0 saturated carbocycles. The Kier molecular flexibility index (Phi) is 5.21. The van der Waals surface area contributed by atoms with Crippen molar-refractivity contribution in [3.05, 3.63) is 138 Å². The van der Waals surface area contributed by atoms with Crippen LogP contribution in [-0.2, 0) is 10.8 Å². The van der Waals surface area contributed by atoms with Crippen LogP contribution in [0.15, 0.2) is 115 Å². The summed E-state index contributed by atoms with van der Waals surface area (Å²) in [6, 6.07) is 41.0. The van der Waals surface area contributed by atoms with Crippen molar-refractivity contribution in [3.8, 4) is 56.2 Å². The molecule has 3 nitrogen and oxygen atoms in total. The molecule has 3 heteroatoms. The van der Waals surface area contributed by atoms with E-state index in [9.17, 15) is 0 Å². The zero-order valence-electron chi connectivity index (χ0n) is 24.3. The summed E-state index contributed by atoms with van der Waals surface area (Å²) in [6.45, 7) is 9.41. The molecule has 0 aliphatic heterocycles. The topological polar surface area (TPSA) is 38.7 Å². The van der Waals surface area contributed by atoms with Gasteiger partial charge >= 0.3 is 0 Å². The highest BCUT2D eigenvalue weighted by atomic mass is 15.2. The van der Waals surface area contributed by atoms with E-state index in [0.717, 1.165) is 28.1 Å². The van der Waals surface area contributed by atoms with Crippen molar-refractivity contribution in [1.29, 1.82) is 0 Å². The highest BCUT2D eigenvalue weighted by molar-refractivity contribution is 5.91. The summed E-state index contributed by atoms with van der Waals surface area (Å²) < 4.78 is 0. The van der Waals surface area contributed by atoms with Crippen molar-refractivity contribution in [1.82, 2.24) is 15.2 Å². The minimum Gasteiger partial charge on any atom is -0.224 e. The van der Waals surface area contributed by atoms with Gasteiger partial charge in [0, 0.05) is 27.5 Å². The lowest BCUT2D eigenvalue weighted by molar-refractivity contribution is 0.652. The minimum absolute atomic E-state index is 0.0289. The van der Waals surface area contributed by atoms with E-state index in [1.165, 1.54) is 44.5 Å². The van der Waals surface area contributed by atoms with Crippen LogP contribution in [0.1, 0.15) is 49.9 Å². The average Bonchev–Trinajstić information content (AvgIpc) is 3.40. The molecule has 0 bridgehead atoms. The average molecular weight is 542 g/mol. The summed E-state index contributed by atoms with van der Waals surface area (Å²) in [5.41, 5.74) is 15.4. The van der Waals surface area contributed by atoms with Gasteiger partial charge in [-0.3, -0.25) is 0 Å². The van der Waals surface area contributed by atoms with Gasteiger partial charge in [0.1, 0.15) is 11.4 Å². The van der Waals surface area contributed by atoms with Gasteiger partial charge in [-0.2, -0.15) is 0 Å². The SMILES string of the molecule is CC1(C)c2ccccc2-c2cc3c(cc21)-c1ccc(-c2nc(-c4ccccc4)nnc2-c2ccccc2)cc1C3(C)C. The molecule has 1 aromatic heterocycles. The first-order valence-electron chi connectivity index (χ1n) is 14.6. The largest absolute Gasteiger partial charge is 0.224 e. The molecule has 1 heterocycles. The normalized spacial score (nSPS) is 15.0. The smallest absolute Gasteiger partial charge is 0.182 e. The first-order chi connectivity index (χ1) is 20.3. The lowest BCUT2D eigenvalue weighted by atomic mass is 9.79. The van der Waals surface area contributed by atoms with Gasteiger partial charge in [0.15, 0.2) is 5.82 Å². The number of rotatable bonds is 3. The lowest BCUT2D eigenvalue weighted by Crippen LogP contribution is -2.17. The van der Waals surface area contributed by atoms with E-state index in [2.05, 4.69) is 99.5 Å². The zero-order valence-corrected chi connectivity index (χ0v) is 24.3. The molecule has 0 fully saturated rings. The Hall–Kier alpha value is -4.89. The molecule has 42 heavy (non-hydrogen) atoms. The summed E-state index contributed by atoms with van der Waals surface area (Å²) >= 11 is 0. The Balaban J connectivity index is 1.31. The summed E-state index contributed by atoms with van der Waals surface area (Å²) in [5, 5.41) is 9.29. The van der Waals surface area contributed by atoms with E-state index < -0.39 is 0 Å². The second-order valence-electron chi connectivity index (χ2n) is 12.6. The maximum atomic E-state index is 5.13. The van der Waals surface area contributed by atoms with Gasteiger partial charge in [-0.15, -0.1) is 10.2 Å². The predicted molar refractivity (Wildman–Crippen MR) is 171 cm³/mol.